The molecule has 1 aliphatic heterocycles. The van der Waals surface area contributed by atoms with Crippen LogP contribution in [0.1, 0.15) is 37.7 Å². The molecule has 1 fully saturated rings. The first kappa shape index (κ1) is 14.3. The Bertz CT molecular complexity index is 578. The first-order valence-corrected chi connectivity index (χ1v) is 7.49. The highest BCUT2D eigenvalue weighted by molar-refractivity contribution is 6.32. The zero-order valence-corrected chi connectivity index (χ0v) is 12.3. The number of phenols is 1. The number of carbonyl (C=O) groups is 1. The Morgan fingerprint density at radius 1 is 1.19 bits per heavy atom. The zero-order chi connectivity index (χ0) is 15.0. The summed E-state index contributed by atoms with van der Waals surface area (Å²) in [5, 5.41) is 20.3. The van der Waals surface area contributed by atoms with Crippen LogP contribution in [-0.2, 0) is 10.2 Å². The predicted molar refractivity (Wildman–Crippen MR) is 76.5 cm³/mol. The van der Waals surface area contributed by atoms with Crippen LogP contribution < -0.4 is 9.47 Å². The monoisotopic (exact) mass is 312 g/mol. The molecule has 0 amide bonds. The Balaban J connectivity index is 2.24. The van der Waals surface area contributed by atoms with Crippen molar-refractivity contribution in [2.24, 2.45) is 0 Å². The summed E-state index contributed by atoms with van der Waals surface area (Å²) in [6.45, 7) is 0.713. The molecule has 21 heavy (non-hydrogen) atoms. The first-order chi connectivity index (χ1) is 10.1. The molecule has 1 aromatic carbocycles. The lowest BCUT2D eigenvalue weighted by Gasteiger charge is -2.36. The molecular weight excluding hydrogens is 296 g/mol. The minimum atomic E-state index is -1.15. The summed E-state index contributed by atoms with van der Waals surface area (Å²) < 4.78 is 11.1. The van der Waals surface area contributed by atoms with Gasteiger partial charge in [-0.1, -0.05) is 30.9 Å². The van der Waals surface area contributed by atoms with E-state index in [1.54, 1.807) is 0 Å². The Hall–Kier alpha value is -1.62. The lowest BCUT2D eigenvalue weighted by molar-refractivity contribution is -0.145. The van der Waals surface area contributed by atoms with Gasteiger partial charge in [-0.3, -0.25) is 4.79 Å². The molecule has 0 bridgehead atoms. The fourth-order valence-electron chi connectivity index (χ4n) is 3.32. The van der Waals surface area contributed by atoms with Gasteiger partial charge in [0.15, 0.2) is 11.5 Å². The lowest BCUT2D eigenvalue weighted by atomic mass is 9.68. The summed E-state index contributed by atoms with van der Waals surface area (Å²) in [6.07, 6.45) is 3.52. The maximum Gasteiger partial charge on any atom is 0.314 e. The highest BCUT2D eigenvalue weighted by atomic mass is 35.5. The Kier molecular flexibility index (Phi) is 3.61. The first-order valence-electron chi connectivity index (χ1n) is 7.11. The zero-order valence-electron chi connectivity index (χ0n) is 11.5. The van der Waals surface area contributed by atoms with Crippen molar-refractivity contribution >= 4 is 17.6 Å². The van der Waals surface area contributed by atoms with Gasteiger partial charge in [0.05, 0.1) is 10.6 Å². The van der Waals surface area contributed by atoms with Gasteiger partial charge in [0.1, 0.15) is 24.4 Å². The van der Waals surface area contributed by atoms with Crippen LogP contribution in [0.4, 0.5) is 0 Å². The van der Waals surface area contributed by atoms with E-state index in [2.05, 4.69) is 0 Å². The predicted octanol–water partition coefficient (Wildman–Crippen LogP) is 3.10. The number of carboxylic acids is 1. The second kappa shape index (κ2) is 5.30. The smallest absolute Gasteiger partial charge is 0.314 e. The van der Waals surface area contributed by atoms with Crippen molar-refractivity contribution in [3.8, 4) is 17.2 Å². The number of carboxylic acid groups (broad SMARTS) is 1. The Labute approximate surface area is 127 Å². The maximum absolute atomic E-state index is 12.0. The minimum Gasteiger partial charge on any atom is -0.506 e. The standard InChI is InChI=1S/C15H17ClO5/c16-9-8-10-13(21-7-6-20-10)11(12(9)17)15(14(18)19)4-2-1-3-5-15/h8,17H,1-7H2,(H,18,19). The van der Waals surface area contributed by atoms with Crippen LogP contribution >= 0.6 is 11.6 Å². The van der Waals surface area contributed by atoms with E-state index in [4.69, 9.17) is 21.1 Å². The third-order valence-corrected chi connectivity index (χ3v) is 4.64. The van der Waals surface area contributed by atoms with Crippen LogP contribution in [0, 0.1) is 0 Å². The van der Waals surface area contributed by atoms with E-state index in [0.717, 1.165) is 19.3 Å². The van der Waals surface area contributed by atoms with Gasteiger partial charge >= 0.3 is 5.97 Å². The lowest BCUT2D eigenvalue weighted by Crippen LogP contribution is -2.39. The summed E-state index contributed by atoms with van der Waals surface area (Å²) in [5.41, 5.74) is -0.880. The molecule has 0 atom stereocenters. The van der Waals surface area contributed by atoms with Gasteiger partial charge in [-0.05, 0) is 12.8 Å². The number of benzene rings is 1. The van der Waals surface area contributed by atoms with Crippen LogP contribution in [-0.4, -0.2) is 29.4 Å². The summed E-state index contributed by atoms with van der Waals surface area (Å²) in [6, 6.07) is 1.48. The molecule has 0 unspecified atom stereocenters. The number of aromatic hydroxyl groups is 1. The number of hydrogen-bond donors (Lipinski definition) is 2. The number of halogens is 1. The van der Waals surface area contributed by atoms with E-state index >= 15 is 0 Å². The van der Waals surface area contributed by atoms with Gasteiger partial charge in [-0.25, -0.2) is 0 Å². The van der Waals surface area contributed by atoms with Crippen molar-refractivity contribution in [2.75, 3.05) is 13.2 Å². The molecule has 0 saturated heterocycles. The summed E-state index contributed by atoms with van der Waals surface area (Å²) >= 11 is 6.06. The SMILES string of the molecule is O=C(O)C1(c2c(O)c(Cl)cc3c2OCCO3)CCCCC1. The number of fused-ring (bicyclic) bond motifs is 1. The topological polar surface area (TPSA) is 76.0 Å². The molecule has 2 N–H and O–H groups in total. The van der Waals surface area contributed by atoms with Crippen LogP contribution in [0.15, 0.2) is 6.07 Å². The molecule has 0 spiro atoms. The van der Waals surface area contributed by atoms with Crippen molar-refractivity contribution in [3.05, 3.63) is 16.7 Å². The highest BCUT2D eigenvalue weighted by Crippen LogP contribution is 2.53. The van der Waals surface area contributed by atoms with E-state index in [9.17, 15) is 15.0 Å². The number of phenolic OH excluding ortho intramolecular Hbond substituents is 1. The Morgan fingerprint density at radius 3 is 2.52 bits per heavy atom. The second-order valence-corrected chi connectivity index (χ2v) is 5.96. The molecule has 1 aromatic rings. The van der Waals surface area contributed by atoms with E-state index in [-0.39, 0.29) is 16.3 Å². The Morgan fingerprint density at radius 2 is 1.86 bits per heavy atom. The van der Waals surface area contributed by atoms with Gasteiger partial charge in [-0.15, -0.1) is 0 Å². The van der Waals surface area contributed by atoms with Gasteiger partial charge in [0.25, 0.3) is 0 Å². The van der Waals surface area contributed by atoms with E-state index in [1.807, 2.05) is 0 Å². The van der Waals surface area contributed by atoms with Crippen LogP contribution in [0.2, 0.25) is 5.02 Å². The number of rotatable bonds is 2. The van der Waals surface area contributed by atoms with Gasteiger partial charge < -0.3 is 19.7 Å². The van der Waals surface area contributed by atoms with Crippen LogP contribution in [0.3, 0.4) is 0 Å². The fourth-order valence-corrected chi connectivity index (χ4v) is 3.51. The van der Waals surface area contributed by atoms with Crippen molar-refractivity contribution in [1.29, 1.82) is 0 Å². The number of ether oxygens (including phenoxy) is 2. The summed E-state index contributed by atoms with van der Waals surface area (Å²) in [7, 11) is 0. The van der Waals surface area contributed by atoms with E-state index in [0.29, 0.717) is 37.6 Å². The summed E-state index contributed by atoms with van der Waals surface area (Å²) in [5.74, 6) is -0.418. The van der Waals surface area contributed by atoms with E-state index < -0.39 is 11.4 Å². The van der Waals surface area contributed by atoms with Gasteiger partial charge in [-0.2, -0.15) is 0 Å². The van der Waals surface area contributed by atoms with Crippen LogP contribution in [0.25, 0.3) is 0 Å². The minimum absolute atomic E-state index is 0.0976. The van der Waals surface area contributed by atoms with Crippen LogP contribution in [0.5, 0.6) is 17.2 Å². The van der Waals surface area contributed by atoms with Crippen molar-refractivity contribution in [3.63, 3.8) is 0 Å². The third-order valence-electron chi connectivity index (χ3n) is 4.35. The molecule has 114 valence electrons. The number of aliphatic carboxylic acids is 1. The van der Waals surface area contributed by atoms with E-state index in [1.165, 1.54) is 6.07 Å². The maximum atomic E-state index is 12.0. The molecule has 0 radical (unpaired) electrons. The number of hydrogen-bond acceptors (Lipinski definition) is 4. The fraction of sp³-hybridized carbons (Fsp3) is 0.533. The molecule has 6 heteroatoms. The molecular formula is C15H17ClO5. The molecule has 3 rings (SSSR count). The molecule has 1 aliphatic carbocycles. The van der Waals surface area contributed by atoms with Gasteiger partial charge in [0.2, 0.25) is 0 Å². The van der Waals surface area contributed by atoms with Crippen molar-refractivity contribution in [1.82, 2.24) is 0 Å². The highest BCUT2D eigenvalue weighted by Gasteiger charge is 2.47. The average molecular weight is 313 g/mol. The molecule has 5 nitrogen and oxygen atoms in total. The molecule has 0 aromatic heterocycles. The molecule has 1 heterocycles. The molecule has 2 aliphatic rings. The largest absolute Gasteiger partial charge is 0.506 e. The van der Waals surface area contributed by atoms with Crippen molar-refractivity contribution < 1.29 is 24.5 Å². The summed E-state index contributed by atoms with van der Waals surface area (Å²) in [4.78, 5) is 12.0. The normalized spacial score (nSPS) is 20.0. The van der Waals surface area contributed by atoms with Gasteiger partial charge in [0, 0.05) is 6.07 Å². The second-order valence-electron chi connectivity index (χ2n) is 5.55. The molecule has 1 saturated carbocycles. The van der Waals surface area contributed by atoms with Crippen molar-refractivity contribution in [2.45, 2.75) is 37.5 Å². The third kappa shape index (κ3) is 2.20. The average Bonchev–Trinajstić information content (AvgIpc) is 2.49. The quantitative estimate of drug-likeness (QED) is 0.877.